The molecule has 1 saturated heterocycles. The van der Waals surface area contributed by atoms with Crippen molar-refractivity contribution in [1.29, 1.82) is 0 Å². The summed E-state index contributed by atoms with van der Waals surface area (Å²) in [6.45, 7) is 9.61. The molecule has 2 aromatic heterocycles. The molecule has 6 nitrogen and oxygen atoms in total. The number of likely N-dealkylation sites (tertiary alicyclic amines) is 1. The number of pyridine rings is 1. The molecule has 3 heterocycles. The average molecular weight is 624 g/mol. The number of ether oxygens (including phenoxy) is 1. The molecule has 44 heavy (non-hydrogen) atoms. The molecule has 0 radical (unpaired) electrons. The van der Waals surface area contributed by atoms with Gasteiger partial charge in [0.2, 0.25) is 0 Å². The zero-order valence-corrected chi connectivity index (χ0v) is 26.1. The molecule has 4 aromatic rings. The summed E-state index contributed by atoms with van der Waals surface area (Å²) in [6, 6.07) is 12.1. The lowest BCUT2D eigenvalue weighted by Gasteiger charge is -2.29. The van der Waals surface area contributed by atoms with E-state index in [2.05, 4.69) is 18.8 Å². The van der Waals surface area contributed by atoms with Crippen LogP contribution in [0.5, 0.6) is 5.75 Å². The Morgan fingerprint density at radius 3 is 2.39 bits per heavy atom. The van der Waals surface area contributed by atoms with Gasteiger partial charge in [-0.2, -0.15) is 13.2 Å². The van der Waals surface area contributed by atoms with Crippen molar-refractivity contribution >= 4 is 17.2 Å². The topological polar surface area (TPSA) is 64.4 Å². The monoisotopic (exact) mass is 623 g/mol. The summed E-state index contributed by atoms with van der Waals surface area (Å²) in [5.74, 6) is 0.551. The summed E-state index contributed by atoms with van der Waals surface area (Å²) in [5, 5.41) is 2.10. The summed E-state index contributed by atoms with van der Waals surface area (Å²) in [4.78, 5) is 35.2. The van der Waals surface area contributed by atoms with Crippen molar-refractivity contribution in [2.45, 2.75) is 59.6 Å². The Morgan fingerprint density at radius 2 is 1.75 bits per heavy atom. The first-order valence-electron chi connectivity index (χ1n) is 14.9. The number of benzene rings is 2. The largest absolute Gasteiger partial charge is 0.492 e. The number of carbonyl (C=O) groups excluding carboxylic acids is 1. The molecule has 1 aliphatic heterocycles. The first-order chi connectivity index (χ1) is 21.0. The molecule has 0 aliphatic carbocycles. The number of thiazole rings is 1. The van der Waals surface area contributed by atoms with Gasteiger partial charge in [-0.15, -0.1) is 11.3 Å². The van der Waals surface area contributed by atoms with Gasteiger partial charge in [-0.1, -0.05) is 32.0 Å². The molecule has 0 saturated carbocycles. The van der Waals surface area contributed by atoms with E-state index in [0.29, 0.717) is 65.1 Å². The molecule has 0 spiro atoms. The minimum absolute atomic E-state index is 0.125. The van der Waals surface area contributed by atoms with Crippen LogP contribution in [0.15, 0.2) is 58.7 Å². The van der Waals surface area contributed by atoms with Crippen molar-refractivity contribution in [2.75, 3.05) is 19.7 Å². The van der Waals surface area contributed by atoms with Crippen molar-refractivity contribution in [3.63, 3.8) is 0 Å². The van der Waals surface area contributed by atoms with Gasteiger partial charge in [-0.3, -0.25) is 14.2 Å². The number of hydrogen-bond acceptors (Lipinski definition) is 5. The average Bonchev–Trinajstić information content (AvgIpc) is 3.48. The van der Waals surface area contributed by atoms with Gasteiger partial charge in [0.15, 0.2) is 0 Å². The number of aryl methyl sites for hydroxylation is 1. The summed E-state index contributed by atoms with van der Waals surface area (Å²) in [7, 11) is 0. The van der Waals surface area contributed by atoms with Crippen LogP contribution in [0, 0.1) is 12.8 Å². The van der Waals surface area contributed by atoms with Gasteiger partial charge in [0.25, 0.3) is 11.5 Å². The highest BCUT2D eigenvalue weighted by atomic mass is 32.1. The molecule has 10 heteroatoms. The van der Waals surface area contributed by atoms with Crippen molar-refractivity contribution in [3.05, 3.63) is 86.6 Å². The van der Waals surface area contributed by atoms with E-state index < -0.39 is 11.7 Å². The van der Waals surface area contributed by atoms with Crippen molar-refractivity contribution < 1.29 is 22.7 Å². The van der Waals surface area contributed by atoms with Gasteiger partial charge in [0, 0.05) is 29.7 Å². The number of halogens is 3. The van der Waals surface area contributed by atoms with E-state index in [0.717, 1.165) is 37.0 Å². The molecule has 0 atom stereocenters. The highest BCUT2D eigenvalue weighted by molar-refractivity contribution is 7.13. The Morgan fingerprint density at radius 1 is 1.05 bits per heavy atom. The zero-order valence-electron chi connectivity index (χ0n) is 25.3. The van der Waals surface area contributed by atoms with Crippen LogP contribution in [-0.2, 0) is 12.6 Å². The number of rotatable bonds is 8. The number of amides is 1. The predicted octanol–water partition coefficient (Wildman–Crippen LogP) is 8.18. The minimum Gasteiger partial charge on any atom is -0.492 e. The van der Waals surface area contributed by atoms with Gasteiger partial charge in [-0.05, 0) is 81.3 Å². The number of alkyl halides is 3. The SMILES string of the molecule is CCOc1ccc(C)cc1-n1c(CC(C)C)c(C(=O)N2CCCCC2)cc(-c2nc(-c3ccc(C(F)(F)F)cc3)cs2)c1=O. The van der Waals surface area contributed by atoms with Crippen LogP contribution >= 0.6 is 11.3 Å². The number of piperidine rings is 1. The second-order valence-electron chi connectivity index (χ2n) is 11.5. The quantitative estimate of drug-likeness (QED) is 0.199. The Kier molecular flexibility index (Phi) is 9.29. The third kappa shape index (κ3) is 6.60. The van der Waals surface area contributed by atoms with Crippen LogP contribution in [0.25, 0.3) is 27.5 Å². The van der Waals surface area contributed by atoms with Crippen molar-refractivity contribution in [2.24, 2.45) is 5.92 Å². The van der Waals surface area contributed by atoms with E-state index in [1.807, 2.05) is 36.9 Å². The van der Waals surface area contributed by atoms with Crippen LogP contribution in [0.1, 0.15) is 67.2 Å². The molecular weight excluding hydrogens is 587 g/mol. The van der Waals surface area contributed by atoms with Gasteiger partial charge in [0.1, 0.15) is 10.8 Å². The number of aromatic nitrogens is 2. The second-order valence-corrected chi connectivity index (χ2v) is 12.4. The lowest BCUT2D eigenvalue weighted by Crippen LogP contribution is -2.38. The van der Waals surface area contributed by atoms with E-state index in [-0.39, 0.29) is 22.9 Å². The van der Waals surface area contributed by atoms with Crippen LogP contribution in [0.3, 0.4) is 0 Å². The molecule has 1 amide bonds. The summed E-state index contributed by atoms with van der Waals surface area (Å²) in [6.07, 6.45) is -1.04. The van der Waals surface area contributed by atoms with E-state index in [1.54, 1.807) is 16.0 Å². The minimum atomic E-state index is -4.44. The van der Waals surface area contributed by atoms with Gasteiger partial charge < -0.3 is 9.64 Å². The number of carbonyl (C=O) groups is 1. The summed E-state index contributed by atoms with van der Waals surface area (Å²) < 4.78 is 47.0. The Labute approximate surface area is 259 Å². The third-order valence-corrected chi connectivity index (χ3v) is 8.55. The lowest BCUT2D eigenvalue weighted by atomic mass is 9.98. The zero-order chi connectivity index (χ0) is 31.6. The summed E-state index contributed by atoms with van der Waals surface area (Å²) >= 11 is 1.22. The van der Waals surface area contributed by atoms with Crippen LogP contribution in [-0.4, -0.2) is 40.1 Å². The normalized spacial score (nSPS) is 13.9. The maximum absolute atomic E-state index is 14.5. The molecule has 2 aromatic carbocycles. The third-order valence-electron chi connectivity index (χ3n) is 7.68. The Bertz CT molecular complexity index is 1700. The lowest BCUT2D eigenvalue weighted by molar-refractivity contribution is -0.137. The molecule has 1 fully saturated rings. The fraction of sp³-hybridized carbons (Fsp3) is 0.382. The highest BCUT2D eigenvalue weighted by Gasteiger charge is 2.31. The summed E-state index contributed by atoms with van der Waals surface area (Å²) in [5.41, 5.74) is 2.68. The molecular formula is C34H36F3N3O3S. The molecule has 0 N–H and O–H groups in total. The second kappa shape index (κ2) is 13.0. The van der Waals surface area contributed by atoms with Gasteiger partial charge >= 0.3 is 6.18 Å². The van der Waals surface area contributed by atoms with E-state index >= 15 is 0 Å². The first-order valence-corrected chi connectivity index (χ1v) is 15.8. The van der Waals surface area contributed by atoms with E-state index in [9.17, 15) is 22.8 Å². The molecule has 0 unspecified atom stereocenters. The predicted molar refractivity (Wildman–Crippen MR) is 168 cm³/mol. The van der Waals surface area contributed by atoms with Crippen molar-refractivity contribution in [1.82, 2.24) is 14.5 Å². The number of nitrogens with zero attached hydrogens (tertiary/aromatic N) is 3. The Balaban J connectivity index is 1.73. The van der Waals surface area contributed by atoms with E-state index in [1.165, 1.54) is 23.5 Å². The van der Waals surface area contributed by atoms with Crippen LogP contribution in [0.2, 0.25) is 0 Å². The maximum Gasteiger partial charge on any atom is 0.416 e. The van der Waals surface area contributed by atoms with Gasteiger partial charge in [0.05, 0.1) is 34.7 Å². The molecule has 1 aliphatic rings. The van der Waals surface area contributed by atoms with Crippen molar-refractivity contribution in [3.8, 4) is 33.3 Å². The highest BCUT2D eigenvalue weighted by Crippen LogP contribution is 2.34. The Hall–Kier alpha value is -3.92. The van der Waals surface area contributed by atoms with Gasteiger partial charge in [-0.25, -0.2) is 4.98 Å². The molecule has 232 valence electrons. The first kappa shape index (κ1) is 31.5. The molecule has 0 bridgehead atoms. The maximum atomic E-state index is 14.5. The smallest absolute Gasteiger partial charge is 0.416 e. The van der Waals surface area contributed by atoms with Crippen LogP contribution in [0.4, 0.5) is 13.2 Å². The molecule has 5 rings (SSSR count). The van der Waals surface area contributed by atoms with Crippen LogP contribution < -0.4 is 10.3 Å². The fourth-order valence-electron chi connectivity index (χ4n) is 5.54. The number of hydrogen-bond donors (Lipinski definition) is 0. The van der Waals surface area contributed by atoms with E-state index in [4.69, 9.17) is 4.74 Å². The fourth-order valence-corrected chi connectivity index (χ4v) is 6.38. The standard InChI is InChI=1S/C34H36F3N3O3S/c1-5-43-30-14-9-22(4)18-29(30)40-28(17-21(2)3)25(32(41)39-15-7-6-8-16-39)19-26(33(40)42)31-38-27(20-44-31)23-10-12-24(13-11-23)34(35,36)37/h9-14,18-21H,5-8,15-17H2,1-4H3.